The van der Waals surface area contributed by atoms with Gasteiger partial charge in [-0.05, 0) is 33.6 Å². The van der Waals surface area contributed by atoms with Gasteiger partial charge < -0.3 is 13.3 Å². The Kier molecular flexibility index (Phi) is 24.4. The largest absolute Gasteiger partial charge is 0.484 e. The molecule has 0 rings (SSSR count). The van der Waals surface area contributed by atoms with Gasteiger partial charge in [0.15, 0.2) is 5.12 Å². The Hall–Kier alpha value is 0.117. The number of hydrogen-bond donors (Lipinski definition) is 0. The van der Waals surface area contributed by atoms with Gasteiger partial charge in [-0.25, -0.2) is 0 Å². The lowest BCUT2D eigenvalue weighted by Crippen LogP contribution is -2.27. The van der Waals surface area contributed by atoms with E-state index in [4.69, 9.17) is 13.3 Å². The van der Waals surface area contributed by atoms with E-state index in [0.29, 0.717) is 24.9 Å². The van der Waals surface area contributed by atoms with Crippen LogP contribution in [0.1, 0.15) is 79.6 Å². The molecule has 140 valence electrons. The van der Waals surface area contributed by atoms with E-state index in [0.717, 1.165) is 25.0 Å². The Bertz CT molecular complexity index is 228. The molecule has 0 saturated heterocycles. The molecule has 0 bridgehead atoms. The molecule has 0 saturated carbocycles. The van der Waals surface area contributed by atoms with E-state index in [-0.39, 0.29) is 0 Å². The van der Waals surface area contributed by atoms with Gasteiger partial charge in [0.1, 0.15) is 0 Å². The second kappa shape index (κ2) is 22.1. The zero-order valence-corrected chi connectivity index (χ0v) is 17.9. The van der Waals surface area contributed by atoms with E-state index < -0.39 is 9.53 Å². The highest BCUT2D eigenvalue weighted by Gasteiger charge is 2.11. The minimum Gasteiger partial charge on any atom is -0.376 e. The van der Waals surface area contributed by atoms with Gasteiger partial charge in [-0.15, -0.1) is 0 Å². The van der Waals surface area contributed by atoms with Gasteiger partial charge >= 0.3 is 9.53 Å². The molecule has 0 aromatic carbocycles. The van der Waals surface area contributed by atoms with Crippen molar-refractivity contribution in [2.45, 2.75) is 79.6 Å². The summed E-state index contributed by atoms with van der Waals surface area (Å²) in [6.07, 6.45) is 8.10. The van der Waals surface area contributed by atoms with E-state index in [1.165, 1.54) is 37.4 Å². The molecule has 0 atom stereocenters. The number of hydrogen-bond acceptors (Lipinski definition) is 5. The SMILES string of the molecule is CCCCCCCC(=O)SCCC.CCO[SiH](OCC)OCC. The van der Waals surface area contributed by atoms with Gasteiger partial charge in [-0.3, -0.25) is 4.79 Å². The van der Waals surface area contributed by atoms with E-state index in [9.17, 15) is 4.79 Å². The van der Waals surface area contributed by atoms with Crippen LogP contribution < -0.4 is 0 Å². The van der Waals surface area contributed by atoms with Gasteiger partial charge in [0.25, 0.3) is 0 Å². The molecule has 0 unspecified atom stereocenters. The fourth-order valence-corrected chi connectivity index (χ4v) is 3.54. The minimum atomic E-state index is -1.73. The maximum Gasteiger partial charge on any atom is 0.484 e. The van der Waals surface area contributed by atoms with Gasteiger partial charge in [0, 0.05) is 32.0 Å². The number of carbonyl (C=O) groups is 1. The van der Waals surface area contributed by atoms with Crippen LogP contribution in [0.3, 0.4) is 0 Å². The Balaban J connectivity index is 0. The fraction of sp³-hybridized carbons (Fsp3) is 0.941. The Morgan fingerprint density at radius 3 is 1.74 bits per heavy atom. The van der Waals surface area contributed by atoms with Gasteiger partial charge in [-0.2, -0.15) is 0 Å². The third kappa shape index (κ3) is 22.1. The molecule has 6 heteroatoms. The second-order valence-corrected chi connectivity index (χ2v) is 7.77. The highest BCUT2D eigenvalue weighted by Crippen LogP contribution is 2.12. The van der Waals surface area contributed by atoms with E-state index >= 15 is 0 Å². The van der Waals surface area contributed by atoms with Crippen molar-refractivity contribution in [1.29, 1.82) is 0 Å². The van der Waals surface area contributed by atoms with Gasteiger partial charge in [0.05, 0.1) is 0 Å². The van der Waals surface area contributed by atoms with Crippen LogP contribution in [0.15, 0.2) is 0 Å². The van der Waals surface area contributed by atoms with Crippen molar-refractivity contribution in [2.24, 2.45) is 0 Å². The van der Waals surface area contributed by atoms with Crippen molar-refractivity contribution >= 4 is 26.4 Å². The maximum absolute atomic E-state index is 11.2. The molecular weight excluding hydrogens is 328 g/mol. The first kappa shape index (κ1) is 25.4. The quantitative estimate of drug-likeness (QED) is 0.325. The van der Waals surface area contributed by atoms with Crippen LogP contribution in [-0.2, 0) is 18.1 Å². The Labute approximate surface area is 150 Å². The molecule has 0 radical (unpaired) electrons. The van der Waals surface area contributed by atoms with Crippen molar-refractivity contribution in [3.63, 3.8) is 0 Å². The summed E-state index contributed by atoms with van der Waals surface area (Å²) in [7, 11) is -1.73. The zero-order chi connectivity index (χ0) is 17.8. The van der Waals surface area contributed by atoms with Crippen molar-refractivity contribution in [3.8, 4) is 0 Å². The smallest absolute Gasteiger partial charge is 0.376 e. The molecule has 23 heavy (non-hydrogen) atoms. The lowest BCUT2D eigenvalue weighted by atomic mass is 10.1. The van der Waals surface area contributed by atoms with Crippen LogP contribution in [0.4, 0.5) is 0 Å². The van der Waals surface area contributed by atoms with Gasteiger partial charge in [0.2, 0.25) is 0 Å². The zero-order valence-electron chi connectivity index (χ0n) is 15.9. The van der Waals surface area contributed by atoms with Crippen molar-refractivity contribution in [2.75, 3.05) is 25.6 Å². The molecule has 0 aromatic rings. The average molecular weight is 367 g/mol. The third-order valence-electron chi connectivity index (χ3n) is 2.86. The van der Waals surface area contributed by atoms with Crippen LogP contribution in [0.2, 0.25) is 0 Å². The molecule has 0 N–H and O–H groups in total. The Morgan fingerprint density at radius 2 is 1.30 bits per heavy atom. The topological polar surface area (TPSA) is 44.8 Å². The standard InChI is InChI=1S/C11H22OS.C6H16O3Si/c1-3-5-6-7-8-9-11(12)13-10-4-2;1-4-7-10(8-5-2)9-6-3/h3-10H2,1-2H3;10H,4-6H2,1-3H3. The van der Waals surface area contributed by atoms with E-state index in [1.807, 2.05) is 20.8 Å². The van der Waals surface area contributed by atoms with Crippen LogP contribution >= 0.6 is 11.8 Å². The van der Waals surface area contributed by atoms with Crippen molar-refractivity contribution in [3.05, 3.63) is 0 Å². The summed E-state index contributed by atoms with van der Waals surface area (Å²) < 4.78 is 15.7. The van der Waals surface area contributed by atoms with Crippen molar-refractivity contribution in [1.82, 2.24) is 0 Å². The monoisotopic (exact) mass is 366 g/mol. The summed E-state index contributed by atoms with van der Waals surface area (Å²) in [5, 5.41) is 0.387. The minimum absolute atomic E-state index is 0.387. The molecule has 4 nitrogen and oxygen atoms in total. The number of rotatable bonds is 14. The lowest BCUT2D eigenvalue weighted by molar-refractivity contribution is -0.111. The summed E-state index contributed by atoms with van der Waals surface area (Å²) in [6.45, 7) is 12.2. The molecule has 0 aromatic heterocycles. The maximum atomic E-state index is 11.2. The van der Waals surface area contributed by atoms with Crippen LogP contribution in [0, 0.1) is 0 Å². The Morgan fingerprint density at radius 1 is 0.783 bits per heavy atom. The summed E-state index contributed by atoms with van der Waals surface area (Å²) in [6, 6.07) is 0. The molecule has 0 aliphatic heterocycles. The number of thioether (sulfide) groups is 1. The predicted molar refractivity (Wildman–Crippen MR) is 103 cm³/mol. The number of carbonyl (C=O) groups excluding carboxylic acids is 1. The molecule has 0 heterocycles. The first-order valence-corrected chi connectivity index (χ1v) is 11.6. The predicted octanol–water partition coefficient (Wildman–Crippen LogP) is 4.83. The molecule has 0 spiro atoms. The molecule has 0 fully saturated rings. The van der Waals surface area contributed by atoms with E-state index in [1.54, 1.807) is 0 Å². The van der Waals surface area contributed by atoms with Crippen LogP contribution in [0.5, 0.6) is 0 Å². The summed E-state index contributed by atoms with van der Waals surface area (Å²) in [5.74, 6) is 0.994. The van der Waals surface area contributed by atoms with Crippen LogP contribution in [-0.4, -0.2) is 40.2 Å². The second-order valence-electron chi connectivity index (χ2n) is 5.04. The van der Waals surface area contributed by atoms with Crippen molar-refractivity contribution < 1.29 is 18.1 Å². The number of unbranched alkanes of at least 4 members (excludes halogenated alkanes) is 4. The highest BCUT2D eigenvalue weighted by molar-refractivity contribution is 8.13. The van der Waals surface area contributed by atoms with Crippen LogP contribution in [0.25, 0.3) is 0 Å². The molecule has 0 aliphatic carbocycles. The fourth-order valence-electron chi connectivity index (χ4n) is 1.71. The highest BCUT2D eigenvalue weighted by atomic mass is 32.2. The normalized spacial score (nSPS) is 10.5. The first-order chi connectivity index (χ1) is 11.2. The molecular formula is C17H38O4SSi. The average Bonchev–Trinajstić information content (AvgIpc) is 2.54. The summed E-state index contributed by atoms with van der Waals surface area (Å²) in [4.78, 5) is 11.2. The van der Waals surface area contributed by atoms with Gasteiger partial charge in [-0.1, -0.05) is 51.3 Å². The molecule has 0 aliphatic rings. The lowest BCUT2D eigenvalue weighted by Gasteiger charge is -2.12. The summed E-state index contributed by atoms with van der Waals surface area (Å²) >= 11 is 1.50. The van der Waals surface area contributed by atoms with E-state index in [2.05, 4.69) is 13.8 Å². The molecule has 0 amide bonds. The first-order valence-electron chi connectivity index (χ1n) is 9.16. The summed E-state index contributed by atoms with van der Waals surface area (Å²) in [5.41, 5.74) is 0. The third-order valence-corrected chi connectivity index (χ3v) is 5.81.